The lowest BCUT2D eigenvalue weighted by Crippen LogP contribution is -2.40. The summed E-state index contributed by atoms with van der Waals surface area (Å²) >= 11 is 3.21. The Morgan fingerprint density at radius 3 is 2.76 bits per heavy atom. The average molecular weight is 303 g/mol. The molecule has 3 nitrogen and oxygen atoms in total. The van der Waals surface area contributed by atoms with Crippen LogP contribution in [0.15, 0.2) is 22.7 Å². The van der Waals surface area contributed by atoms with Crippen molar-refractivity contribution >= 4 is 21.8 Å². The molecule has 0 saturated carbocycles. The number of nitrogens with one attached hydrogen (secondary N) is 1. The second kappa shape index (κ2) is 6.12. The first kappa shape index (κ1) is 14.1. The maximum atomic E-state index is 13.0. The zero-order valence-electron chi connectivity index (χ0n) is 9.84. The fourth-order valence-corrected chi connectivity index (χ4v) is 1.64. The first-order valence-corrected chi connectivity index (χ1v) is 6.20. The maximum absolute atomic E-state index is 13.0. The van der Waals surface area contributed by atoms with Gasteiger partial charge in [-0.3, -0.25) is 4.79 Å². The first-order valence-electron chi connectivity index (χ1n) is 5.40. The Bertz CT molecular complexity index is 409. The lowest BCUT2D eigenvalue weighted by molar-refractivity contribution is 0.0948. The van der Waals surface area contributed by atoms with Crippen LogP contribution in [0.2, 0.25) is 0 Å². The molecule has 0 aliphatic carbocycles. The standard InChI is InChI=1S/C12H16BrFN2O/c1-7(2)11(15)6-16-12(17)9-5-8(14)3-4-10(9)13/h3-5,7,11H,6,15H2,1-2H3,(H,16,17). The highest BCUT2D eigenvalue weighted by molar-refractivity contribution is 9.10. The molecule has 94 valence electrons. The molecule has 5 heteroatoms. The Morgan fingerprint density at radius 1 is 1.53 bits per heavy atom. The largest absolute Gasteiger partial charge is 0.350 e. The molecule has 1 aromatic rings. The van der Waals surface area contributed by atoms with Gasteiger partial charge in [0.15, 0.2) is 0 Å². The summed E-state index contributed by atoms with van der Waals surface area (Å²) in [4.78, 5) is 11.8. The third-order valence-electron chi connectivity index (χ3n) is 2.53. The van der Waals surface area contributed by atoms with Gasteiger partial charge in [-0.15, -0.1) is 0 Å². The molecule has 0 radical (unpaired) electrons. The number of carbonyl (C=O) groups is 1. The molecule has 0 fully saturated rings. The smallest absolute Gasteiger partial charge is 0.252 e. The molecule has 0 saturated heterocycles. The van der Waals surface area contributed by atoms with Gasteiger partial charge in [0.05, 0.1) is 5.56 Å². The number of rotatable bonds is 4. The van der Waals surface area contributed by atoms with E-state index in [1.807, 2.05) is 13.8 Å². The predicted octanol–water partition coefficient (Wildman–Crippen LogP) is 2.30. The molecule has 0 bridgehead atoms. The van der Waals surface area contributed by atoms with Crippen LogP contribution >= 0.6 is 15.9 Å². The number of benzene rings is 1. The molecule has 1 atom stereocenters. The highest BCUT2D eigenvalue weighted by Gasteiger charge is 2.13. The Kier molecular flexibility index (Phi) is 5.08. The van der Waals surface area contributed by atoms with Crippen LogP contribution in [-0.4, -0.2) is 18.5 Å². The van der Waals surface area contributed by atoms with Crippen LogP contribution in [0.25, 0.3) is 0 Å². The molecule has 0 aliphatic heterocycles. The van der Waals surface area contributed by atoms with Gasteiger partial charge in [0.25, 0.3) is 5.91 Å². The first-order chi connectivity index (χ1) is 7.91. The zero-order chi connectivity index (χ0) is 13.0. The van der Waals surface area contributed by atoms with E-state index in [0.717, 1.165) is 0 Å². The van der Waals surface area contributed by atoms with Gasteiger partial charge in [0.2, 0.25) is 0 Å². The molecule has 1 amide bonds. The summed E-state index contributed by atoms with van der Waals surface area (Å²) in [5, 5.41) is 2.69. The van der Waals surface area contributed by atoms with Crippen molar-refractivity contribution in [1.29, 1.82) is 0 Å². The van der Waals surface area contributed by atoms with Gasteiger partial charge < -0.3 is 11.1 Å². The van der Waals surface area contributed by atoms with Crippen molar-refractivity contribution in [2.24, 2.45) is 11.7 Å². The van der Waals surface area contributed by atoms with E-state index in [0.29, 0.717) is 11.0 Å². The van der Waals surface area contributed by atoms with Crippen molar-refractivity contribution in [3.8, 4) is 0 Å². The molecule has 0 heterocycles. The second-order valence-electron chi connectivity index (χ2n) is 4.24. The SMILES string of the molecule is CC(C)C(N)CNC(=O)c1cc(F)ccc1Br. The van der Waals surface area contributed by atoms with Gasteiger partial charge in [-0.25, -0.2) is 4.39 Å². The molecule has 17 heavy (non-hydrogen) atoms. The average Bonchev–Trinajstić information content (AvgIpc) is 2.28. The molecule has 0 aliphatic rings. The molecular weight excluding hydrogens is 287 g/mol. The fraction of sp³-hybridized carbons (Fsp3) is 0.417. The summed E-state index contributed by atoms with van der Waals surface area (Å²) in [5.41, 5.74) is 6.09. The molecule has 3 N–H and O–H groups in total. The van der Waals surface area contributed by atoms with Crippen molar-refractivity contribution in [2.45, 2.75) is 19.9 Å². The Hall–Kier alpha value is -0.940. The third-order valence-corrected chi connectivity index (χ3v) is 3.22. The minimum absolute atomic E-state index is 0.105. The summed E-state index contributed by atoms with van der Waals surface area (Å²) in [6, 6.07) is 3.89. The van der Waals surface area contributed by atoms with Crippen LogP contribution in [0.5, 0.6) is 0 Å². The fourth-order valence-electron chi connectivity index (χ4n) is 1.21. The van der Waals surface area contributed by atoms with E-state index in [4.69, 9.17) is 5.73 Å². The lowest BCUT2D eigenvalue weighted by atomic mass is 10.1. The second-order valence-corrected chi connectivity index (χ2v) is 5.10. The lowest BCUT2D eigenvalue weighted by Gasteiger charge is -2.16. The summed E-state index contributed by atoms with van der Waals surface area (Å²) in [6.45, 7) is 4.34. The van der Waals surface area contributed by atoms with Crippen molar-refractivity contribution in [1.82, 2.24) is 5.32 Å². The monoisotopic (exact) mass is 302 g/mol. The van der Waals surface area contributed by atoms with Crippen LogP contribution in [0.1, 0.15) is 24.2 Å². The number of hydrogen-bond donors (Lipinski definition) is 2. The predicted molar refractivity (Wildman–Crippen MR) is 69.2 cm³/mol. The normalized spacial score (nSPS) is 12.6. The van der Waals surface area contributed by atoms with E-state index in [9.17, 15) is 9.18 Å². The molecular formula is C12H16BrFN2O. The van der Waals surface area contributed by atoms with E-state index in [-0.39, 0.29) is 23.4 Å². The highest BCUT2D eigenvalue weighted by atomic mass is 79.9. The molecule has 0 spiro atoms. The van der Waals surface area contributed by atoms with Gasteiger partial charge in [-0.2, -0.15) is 0 Å². The van der Waals surface area contributed by atoms with Crippen LogP contribution in [-0.2, 0) is 0 Å². The summed E-state index contributed by atoms with van der Waals surface area (Å²) in [7, 11) is 0. The van der Waals surface area contributed by atoms with E-state index in [2.05, 4.69) is 21.2 Å². The number of halogens is 2. The van der Waals surface area contributed by atoms with Crippen molar-refractivity contribution in [3.63, 3.8) is 0 Å². The number of carbonyl (C=O) groups excluding carboxylic acids is 1. The van der Waals surface area contributed by atoms with E-state index >= 15 is 0 Å². The van der Waals surface area contributed by atoms with E-state index in [1.54, 1.807) is 0 Å². The Morgan fingerprint density at radius 2 is 2.18 bits per heavy atom. The minimum Gasteiger partial charge on any atom is -0.350 e. The van der Waals surface area contributed by atoms with E-state index < -0.39 is 5.82 Å². The van der Waals surface area contributed by atoms with Crippen LogP contribution in [0.4, 0.5) is 4.39 Å². The van der Waals surface area contributed by atoms with Crippen molar-refractivity contribution in [2.75, 3.05) is 6.54 Å². The number of amides is 1. The quantitative estimate of drug-likeness (QED) is 0.897. The maximum Gasteiger partial charge on any atom is 0.252 e. The molecule has 1 rings (SSSR count). The van der Waals surface area contributed by atoms with Crippen LogP contribution in [0.3, 0.4) is 0 Å². The Balaban J connectivity index is 2.67. The van der Waals surface area contributed by atoms with Crippen LogP contribution < -0.4 is 11.1 Å². The van der Waals surface area contributed by atoms with E-state index in [1.165, 1.54) is 18.2 Å². The molecule has 0 aromatic heterocycles. The molecule has 1 aromatic carbocycles. The summed E-state index contributed by atoms with van der Waals surface area (Å²) < 4.78 is 13.6. The van der Waals surface area contributed by atoms with Crippen molar-refractivity contribution in [3.05, 3.63) is 34.1 Å². The van der Waals surface area contributed by atoms with Gasteiger partial charge in [0.1, 0.15) is 5.82 Å². The van der Waals surface area contributed by atoms with Crippen molar-refractivity contribution < 1.29 is 9.18 Å². The minimum atomic E-state index is -0.438. The van der Waals surface area contributed by atoms with Gasteiger partial charge in [-0.05, 0) is 40.0 Å². The third kappa shape index (κ3) is 4.09. The topological polar surface area (TPSA) is 55.1 Å². The number of hydrogen-bond acceptors (Lipinski definition) is 2. The summed E-state index contributed by atoms with van der Waals surface area (Å²) in [5.74, 6) is -0.481. The Labute approximate surface area is 109 Å². The van der Waals surface area contributed by atoms with Gasteiger partial charge in [0, 0.05) is 17.1 Å². The van der Waals surface area contributed by atoms with Gasteiger partial charge >= 0.3 is 0 Å². The summed E-state index contributed by atoms with van der Waals surface area (Å²) in [6.07, 6.45) is 0. The number of nitrogens with two attached hydrogens (primary N) is 1. The zero-order valence-corrected chi connectivity index (χ0v) is 11.4. The molecule has 1 unspecified atom stereocenters. The van der Waals surface area contributed by atoms with Gasteiger partial charge in [-0.1, -0.05) is 13.8 Å². The van der Waals surface area contributed by atoms with Crippen LogP contribution in [0, 0.1) is 11.7 Å². The highest BCUT2D eigenvalue weighted by Crippen LogP contribution is 2.17.